The first-order chi connectivity index (χ1) is 23.1. The van der Waals surface area contributed by atoms with Crippen LogP contribution < -0.4 is 15.6 Å². The van der Waals surface area contributed by atoms with Crippen LogP contribution in [-0.2, 0) is 21.5 Å². The lowest BCUT2D eigenvalue weighted by molar-refractivity contribution is -0.124. The van der Waals surface area contributed by atoms with Crippen molar-refractivity contribution in [3.63, 3.8) is 0 Å². The molecular formula is C38H49N5O5. The van der Waals surface area contributed by atoms with Crippen molar-refractivity contribution in [1.82, 2.24) is 19.9 Å². The molecule has 6 rings (SSSR count). The van der Waals surface area contributed by atoms with E-state index in [-0.39, 0.29) is 30.0 Å². The third kappa shape index (κ3) is 6.29. The van der Waals surface area contributed by atoms with Crippen LogP contribution in [0.5, 0.6) is 5.75 Å². The number of methoxy groups -OCH3 is 1. The molecule has 1 aliphatic carbocycles. The Morgan fingerprint density at radius 2 is 1.62 bits per heavy atom. The van der Waals surface area contributed by atoms with Crippen LogP contribution in [0.2, 0.25) is 0 Å². The maximum absolute atomic E-state index is 14.8. The largest absolute Gasteiger partial charge is 0.496 e. The van der Waals surface area contributed by atoms with Gasteiger partial charge >= 0.3 is 0 Å². The number of ether oxygens (including phenoxy) is 2. The summed E-state index contributed by atoms with van der Waals surface area (Å²) in [5.74, 6) is 0.340. The highest BCUT2D eigenvalue weighted by Crippen LogP contribution is 2.46. The van der Waals surface area contributed by atoms with E-state index in [2.05, 4.69) is 47.3 Å². The lowest BCUT2D eigenvalue weighted by atomic mass is 9.75. The maximum atomic E-state index is 14.8. The molecule has 10 nitrogen and oxygen atoms in total. The maximum Gasteiger partial charge on any atom is 0.268 e. The Morgan fingerprint density at radius 3 is 2.29 bits per heavy atom. The number of pyridine rings is 1. The van der Waals surface area contributed by atoms with E-state index in [1.165, 1.54) is 0 Å². The molecule has 1 saturated carbocycles. The summed E-state index contributed by atoms with van der Waals surface area (Å²) in [5.41, 5.74) is 5.39. The number of rotatable bonds is 9. The molecule has 3 aromatic rings. The number of carbonyl (C=O) groups is 2. The molecule has 2 N–H and O–H groups in total. The standard InChI is InChI=1S/C38H49N5O5/c1-7-42(29-13-11-28(12-14-29)41(4)5)43(23-31-34(47-6)20-25(3)39-35(31)44)36(45)30-21-26(9-8-24(30)2)27-10-15-32-33(22-27)40-37(46)38(32)16-18-48-19-17-38/h8-10,15,20-22,28-29H,7,11-14,16-19,23H2,1-6H3,(H,39,44)(H,40,46). The summed E-state index contributed by atoms with van der Waals surface area (Å²) in [6.07, 6.45) is 5.34. The molecule has 3 heterocycles. The number of H-pyrrole nitrogens is 1. The van der Waals surface area contributed by atoms with Crippen LogP contribution in [-0.4, -0.2) is 84.8 Å². The van der Waals surface area contributed by atoms with Crippen LogP contribution in [0.15, 0.2) is 47.3 Å². The van der Waals surface area contributed by atoms with Crippen molar-refractivity contribution < 1.29 is 19.1 Å². The molecule has 1 spiro atoms. The van der Waals surface area contributed by atoms with E-state index in [9.17, 15) is 14.4 Å². The number of amides is 2. The number of hydrazine groups is 1. The molecular weight excluding hydrogens is 606 g/mol. The third-order valence-corrected chi connectivity index (χ3v) is 10.8. The number of hydrogen-bond donors (Lipinski definition) is 2. The van der Waals surface area contributed by atoms with Crippen LogP contribution in [0.3, 0.4) is 0 Å². The van der Waals surface area contributed by atoms with Crippen LogP contribution in [0.25, 0.3) is 11.1 Å². The second kappa shape index (κ2) is 13.9. The molecule has 1 saturated heterocycles. The zero-order chi connectivity index (χ0) is 34.2. The number of carbonyl (C=O) groups excluding carboxylic acids is 2. The van der Waals surface area contributed by atoms with Crippen molar-refractivity contribution in [3.05, 3.63) is 80.8 Å². The van der Waals surface area contributed by atoms with Crippen LogP contribution >= 0.6 is 0 Å². The highest BCUT2D eigenvalue weighted by molar-refractivity contribution is 6.07. The monoisotopic (exact) mass is 655 g/mol. The minimum Gasteiger partial charge on any atom is -0.496 e. The average molecular weight is 656 g/mol. The number of aromatic amines is 1. The minimum absolute atomic E-state index is 0.0363. The van der Waals surface area contributed by atoms with E-state index in [4.69, 9.17) is 9.47 Å². The van der Waals surface area contributed by atoms with E-state index in [1.54, 1.807) is 18.2 Å². The zero-order valence-electron chi connectivity index (χ0n) is 29.2. The van der Waals surface area contributed by atoms with Gasteiger partial charge in [-0.3, -0.25) is 19.4 Å². The van der Waals surface area contributed by atoms with Gasteiger partial charge in [0, 0.05) is 48.8 Å². The van der Waals surface area contributed by atoms with Gasteiger partial charge in [0.05, 0.1) is 24.6 Å². The SMILES string of the molecule is CCN(C1CCC(N(C)C)CC1)N(Cc1c(OC)cc(C)[nH]c1=O)C(=O)c1cc(-c2ccc3c(c2)NC(=O)C32CCOCC2)ccc1C. The predicted octanol–water partition coefficient (Wildman–Crippen LogP) is 5.42. The van der Waals surface area contributed by atoms with Crippen LogP contribution in [0, 0.1) is 13.8 Å². The van der Waals surface area contributed by atoms with Gasteiger partial charge in [0.1, 0.15) is 5.75 Å². The van der Waals surface area contributed by atoms with Gasteiger partial charge < -0.3 is 24.7 Å². The summed E-state index contributed by atoms with van der Waals surface area (Å²) in [4.78, 5) is 46.5. The van der Waals surface area contributed by atoms with E-state index < -0.39 is 5.41 Å². The Hall–Kier alpha value is -3.99. The first-order valence-electron chi connectivity index (χ1n) is 17.2. The van der Waals surface area contributed by atoms with Gasteiger partial charge in [0.25, 0.3) is 11.5 Å². The molecule has 2 aromatic carbocycles. The third-order valence-electron chi connectivity index (χ3n) is 10.8. The molecule has 0 unspecified atom stereocenters. The highest BCUT2D eigenvalue weighted by atomic mass is 16.5. The molecule has 2 fully saturated rings. The van der Waals surface area contributed by atoms with Crippen LogP contribution in [0.1, 0.15) is 78.2 Å². The fourth-order valence-electron chi connectivity index (χ4n) is 7.94. The van der Waals surface area contributed by atoms with Gasteiger partial charge in [-0.15, -0.1) is 0 Å². The Labute approximate surface area is 283 Å². The number of hydrogen-bond acceptors (Lipinski definition) is 7. The molecule has 0 bridgehead atoms. The highest BCUT2D eigenvalue weighted by Gasteiger charge is 2.47. The Morgan fingerprint density at radius 1 is 0.958 bits per heavy atom. The van der Waals surface area contributed by atoms with Crippen molar-refractivity contribution in [3.8, 4) is 16.9 Å². The Bertz CT molecular complexity index is 1740. The minimum atomic E-state index is -0.537. The van der Waals surface area contributed by atoms with Crippen molar-refractivity contribution in [1.29, 1.82) is 0 Å². The molecule has 1 aromatic heterocycles. The molecule has 2 aliphatic heterocycles. The van der Waals surface area contributed by atoms with Gasteiger partial charge in [-0.25, -0.2) is 5.01 Å². The van der Waals surface area contributed by atoms with Gasteiger partial charge in [-0.1, -0.05) is 31.2 Å². The molecule has 0 atom stereocenters. The molecule has 3 aliphatic rings. The number of fused-ring (bicyclic) bond motifs is 2. The average Bonchev–Trinajstić information content (AvgIpc) is 3.34. The van der Waals surface area contributed by atoms with E-state index in [1.807, 2.05) is 44.2 Å². The summed E-state index contributed by atoms with van der Waals surface area (Å²) in [7, 11) is 5.81. The molecule has 0 radical (unpaired) electrons. The number of nitrogens with one attached hydrogen (secondary N) is 2. The second-order valence-electron chi connectivity index (χ2n) is 13.8. The van der Waals surface area contributed by atoms with Gasteiger partial charge in [-0.2, -0.15) is 0 Å². The first kappa shape index (κ1) is 33.9. The fraction of sp³-hybridized carbons (Fsp3) is 0.500. The predicted molar refractivity (Wildman–Crippen MR) is 187 cm³/mol. The van der Waals surface area contributed by atoms with Crippen molar-refractivity contribution in [2.45, 2.75) is 83.3 Å². The molecule has 2 amide bonds. The van der Waals surface area contributed by atoms with E-state index in [0.717, 1.165) is 53.6 Å². The van der Waals surface area contributed by atoms with E-state index >= 15 is 0 Å². The Balaban J connectivity index is 1.36. The lowest BCUT2D eigenvalue weighted by Gasteiger charge is -2.43. The quantitative estimate of drug-likeness (QED) is 0.297. The Kier molecular flexibility index (Phi) is 9.79. The summed E-state index contributed by atoms with van der Waals surface area (Å²) >= 11 is 0. The molecule has 256 valence electrons. The summed E-state index contributed by atoms with van der Waals surface area (Å²) in [5, 5.41) is 7.06. The second-order valence-corrected chi connectivity index (χ2v) is 13.8. The summed E-state index contributed by atoms with van der Waals surface area (Å²) in [6.45, 7) is 7.68. The zero-order valence-corrected chi connectivity index (χ0v) is 29.2. The topological polar surface area (TPSA) is 107 Å². The van der Waals surface area contributed by atoms with E-state index in [0.29, 0.717) is 61.2 Å². The van der Waals surface area contributed by atoms with Crippen molar-refractivity contribution in [2.75, 3.05) is 46.3 Å². The van der Waals surface area contributed by atoms with Gasteiger partial charge in [0.15, 0.2) is 0 Å². The molecule has 10 heteroatoms. The summed E-state index contributed by atoms with van der Waals surface area (Å²) in [6, 6.07) is 14.5. The molecule has 48 heavy (non-hydrogen) atoms. The van der Waals surface area contributed by atoms with Crippen molar-refractivity contribution >= 4 is 17.5 Å². The van der Waals surface area contributed by atoms with Gasteiger partial charge in [0.2, 0.25) is 5.91 Å². The number of nitrogens with zero attached hydrogens (tertiary/aromatic N) is 3. The number of aromatic nitrogens is 1. The lowest BCUT2D eigenvalue weighted by Crippen LogP contribution is -2.53. The van der Waals surface area contributed by atoms with Crippen molar-refractivity contribution in [2.24, 2.45) is 0 Å². The van der Waals surface area contributed by atoms with Crippen LogP contribution in [0.4, 0.5) is 5.69 Å². The van der Waals surface area contributed by atoms with Gasteiger partial charge in [-0.05, 0) is 107 Å². The number of anilines is 1. The normalized spacial score (nSPS) is 20.2. The first-order valence-corrected chi connectivity index (χ1v) is 17.2. The summed E-state index contributed by atoms with van der Waals surface area (Å²) < 4.78 is 11.2. The smallest absolute Gasteiger partial charge is 0.268 e. The number of benzene rings is 2. The fourth-order valence-corrected chi connectivity index (χ4v) is 7.94. The number of aryl methyl sites for hydroxylation is 2.